The number of hydrogen-bond acceptors (Lipinski definition) is 3. The van der Waals surface area contributed by atoms with Crippen LogP contribution in [0.25, 0.3) is 0 Å². The number of ether oxygens (including phenoxy) is 1. The van der Waals surface area contributed by atoms with Crippen LogP contribution in [-0.2, 0) is 11.0 Å². The first-order valence-corrected chi connectivity index (χ1v) is 6.79. The number of alkyl halides is 3. The van der Waals surface area contributed by atoms with Gasteiger partial charge in [-0.3, -0.25) is 4.79 Å². The van der Waals surface area contributed by atoms with Gasteiger partial charge >= 0.3 is 6.18 Å². The average molecular weight is 324 g/mol. The lowest BCUT2D eigenvalue weighted by atomic mass is 10.1. The normalized spacial score (nSPS) is 11.2. The molecule has 0 aliphatic carbocycles. The minimum Gasteiger partial charge on any atom is -0.483 e. The Hall–Kier alpha value is -2.57. The van der Waals surface area contributed by atoms with E-state index in [4.69, 9.17) is 4.74 Å². The highest BCUT2D eigenvalue weighted by atomic mass is 19.4. The second kappa shape index (κ2) is 6.68. The maximum Gasteiger partial charge on any atom is 0.416 e. The Kier molecular flexibility index (Phi) is 4.88. The van der Waals surface area contributed by atoms with Crippen LogP contribution in [0.4, 0.5) is 19.0 Å². The summed E-state index contributed by atoms with van der Waals surface area (Å²) in [5, 5.41) is 2.28. The standard InChI is InChI=1S/C16H15F3N2O2/c1-10-3-4-13(11(2)7-10)23-9-15(22)21-14-8-12(5-6-20-14)16(17,18)19/h3-8H,9H2,1-2H3,(H,20,21,22). The average Bonchev–Trinajstić information content (AvgIpc) is 2.45. The van der Waals surface area contributed by atoms with Crippen LogP contribution < -0.4 is 10.1 Å². The van der Waals surface area contributed by atoms with Crippen LogP contribution in [-0.4, -0.2) is 17.5 Å². The topological polar surface area (TPSA) is 51.2 Å². The second-order valence-electron chi connectivity index (χ2n) is 5.03. The van der Waals surface area contributed by atoms with Gasteiger partial charge in [0.2, 0.25) is 0 Å². The summed E-state index contributed by atoms with van der Waals surface area (Å²) in [6.45, 7) is 3.46. The molecule has 0 unspecified atom stereocenters. The van der Waals surface area contributed by atoms with Gasteiger partial charge in [-0.2, -0.15) is 13.2 Å². The summed E-state index contributed by atoms with van der Waals surface area (Å²) in [5.74, 6) is -0.214. The molecule has 1 N–H and O–H groups in total. The smallest absolute Gasteiger partial charge is 0.416 e. The summed E-state index contributed by atoms with van der Waals surface area (Å²) in [7, 11) is 0. The van der Waals surface area contributed by atoms with Gasteiger partial charge in [-0.25, -0.2) is 4.98 Å². The zero-order valence-electron chi connectivity index (χ0n) is 12.6. The van der Waals surface area contributed by atoms with Gasteiger partial charge in [-0.05, 0) is 37.6 Å². The third kappa shape index (κ3) is 4.70. The van der Waals surface area contributed by atoms with Gasteiger partial charge in [0, 0.05) is 6.20 Å². The van der Waals surface area contributed by atoms with E-state index in [1.807, 2.05) is 26.0 Å². The highest BCUT2D eigenvalue weighted by Gasteiger charge is 2.30. The lowest BCUT2D eigenvalue weighted by Gasteiger charge is -2.11. The predicted molar refractivity (Wildman–Crippen MR) is 79.3 cm³/mol. The number of hydrogen-bond donors (Lipinski definition) is 1. The number of carbonyl (C=O) groups is 1. The first-order chi connectivity index (χ1) is 10.8. The van der Waals surface area contributed by atoms with E-state index >= 15 is 0 Å². The fourth-order valence-electron chi connectivity index (χ4n) is 1.96. The molecule has 0 saturated heterocycles. The molecule has 0 spiro atoms. The summed E-state index contributed by atoms with van der Waals surface area (Å²) in [6, 6.07) is 7.09. The van der Waals surface area contributed by atoms with Crippen LogP contribution >= 0.6 is 0 Å². The molecule has 0 aliphatic heterocycles. The maximum atomic E-state index is 12.6. The van der Waals surface area contributed by atoms with Crippen molar-refractivity contribution >= 4 is 11.7 Å². The van der Waals surface area contributed by atoms with E-state index in [1.165, 1.54) is 0 Å². The molecule has 0 bridgehead atoms. The van der Waals surface area contributed by atoms with E-state index in [2.05, 4.69) is 10.3 Å². The number of rotatable bonds is 4. The Morgan fingerprint density at radius 2 is 1.96 bits per heavy atom. The quantitative estimate of drug-likeness (QED) is 0.932. The van der Waals surface area contributed by atoms with Gasteiger partial charge in [0.05, 0.1) is 5.56 Å². The fourth-order valence-corrected chi connectivity index (χ4v) is 1.96. The number of aryl methyl sites for hydroxylation is 2. The summed E-state index contributed by atoms with van der Waals surface area (Å²) >= 11 is 0. The van der Waals surface area contributed by atoms with Crippen LogP contribution in [0.2, 0.25) is 0 Å². The maximum absolute atomic E-state index is 12.6. The summed E-state index contributed by atoms with van der Waals surface area (Å²) < 4.78 is 43.1. The van der Waals surface area contributed by atoms with Crippen molar-refractivity contribution in [2.75, 3.05) is 11.9 Å². The monoisotopic (exact) mass is 324 g/mol. The molecule has 0 atom stereocenters. The molecule has 1 aromatic heterocycles. The molecule has 1 aromatic carbocycles. The SMILES string of the molecule is Cc1ccc(OCC(=O)Nc2cc(C(F)(F)F)ccn2)c(C)c1. The molecule has 2 aromatic rings. The molecule has 0 radical (unpaired) electrons. The largest absolute Gasteiger partial charge is 0.483 e. The van der Waals surface area contributed by atoms with Crippen molar-refractivity contribution < 1.29 is 22.7 Å². The minimum absolute atomic E-state index is 0.172. The van der Waals surface area contributed by atoms with Crippen LogP contribution in [0.1, 0.15) is 16.7 Å². The van der Waals surface area contributed by atoms with Crippen LogP contribution in [0.15, 0.2) is 36.5 Å². The van der Waals surface area contributed by atoms with Crippen LogP contribution in [0.5, 0.6) is 5.75 Å². The van der Waals surface area contributed by atoms with Crippen molar-refractivity contribution in [2.45, 2.75) is 20.0 Å². The molecular formula is C16H15F3N2O2. The second-order valence-corrected chi connectivity index (χ2v) is 5.03. The molecule has 4 nitrogen and oxygen atoms in total. The zero-order chi connectivity index (χ0) is 17.0. The number of nitrogens with zero attached hydrogens (tertiary/aromatic N) is 1. The van der Waals surface area contributed by atoms with E-state index in [-0.39, 0.29) is 12.4 Å². The molecular weight excluding hydrogens is 309 g/mol. The summed E-state index contributed by atoms with van der Waals surface area (Å²) in [5.41, 5.74) is 1.06. The van der Waals surface area contributed by atoms with E-state index < -0.39 is 17.6 Å². The minimum atomic E-state index is -4.49. The number of halogens is 3. The van der Waals surface area contributed by atoms with Crippen molar-refractivity contribution in [3.05, 3.63) is 53.2 Å². The molecule has 0 aliphatic rings. The number of carbonyl (C=O) groups excluding carboxylic acids is 1. The number of anilines is 1. The first kappa shape index (κ1) is 16.8. The zero-order valence-corrected chi connectivity index (χ0v) is 12.6. The van der Waals surface area contributed by atoms with Gasteiger partial charge < -0.3 is 10.1 Å². The lowest BCUT2D eigenvalue weighted by Crippen LogP contribution is -2.21. The number of amides is 1. The third-order valence-corrected chi connectivity index (χ3v) is 3.04. The van der Waals surface area contributed by atoms with Gasteiger partial charge in [0.15, 0.2) is 6.61 Å². The van der Waals surface area contributed by atoms with E-state index in [0.717, 1.165) is 29.5 Å². The molecule has 1 amide bonds. The Bertz CT molecular complexity index is 715. The number of benzene rings is 1. The Morgan fingerprint density at radius 3 is 2.61 bits per heavy atom. The molecule has 1 heterocycles. The molecule has 0 fully saturated rings. The highest BCUT2D eigenvalue weighted by molar-refractivity contribution is 5.91. The van der Waals surface area contributed by atoms with Crippen molar-refractivity contribution in [3.63, 3.8) is 0 Å². The Morgan fingerprint density at radius 1 is 1.22 bits per heavy atom. The summed E-state index contributed by atoms with van der Waals surface area (Å²) in [4.78, 5) is 15.5. The number of aromatic nitrogens is 1. The molecule has 2 rings (SSSR count). The number of nitrogens with one attached hydrogen (secondary N) is 1. The van der Waals surface area contributed by atoms with E-state index in [0.29, 0.717) is 5.75 Å². The predicted octanol–water partition coefficient (Wildman–Crippen LogP) is 3.73. The molecule has 23 heavy (non-hydrogen) atoms. The van der Waals surface area contributed by atoms with Gasteiger partial charge in [0.1, 0.15) is 11.6 Å². The molecule has 122 valence electrons. The fraction of sp³-hybridized carbons (Fsp3) is 0.250. The third-order valence-electron chi connectivity index (χ3n) is 3.04. The van der Waals surface area contributed by atoms with E-state index in [9.17, 15) is 18.0 Å². The first-order valence-electron chi connectivity index (χ1n) is 6.79. The van der Waals surface area contributed by atoms with Crippen molar-refractivity contribution in [3.8, 4) is 5.75 Å². The summed E-state index contributed by atoms with van der Waals surface area (Å²) in [6.07, 6.45) is -3.50. The van der Waals surface area contributed by atoms with Crippen LogP contribution in [0.3, 0.4) is 0 Å². The Labute approximate surface area is 131 Å². The Balaban J connectivity index is 1.97. The molecule has 0 saturated carbocycles. The highest BCUT2D eigenvalue weighted by Crippen LogP contribution is 2.29. The van der Waals surface area contributed by atoms with Crippen molar-refractivity contribution in [1.82, 2.24) is 4.98 Å². The van der Waals surface area contributed by atoms with Gasteiger partial charge in [-0.1, -0.05) is 17.7 Å². The van der Waals surface area contributed by atoms with Crippen LogP contribution in [0, 0.1) is 13.8 Å². The van der Waals surface area contributed by atoms with Crippen molar-refractivity contribution in [1.29, 1.82) is 0 Å². The number of pyridine rings is 1. The van der Waals surface area contributed by atoms with Gasteiger partial charge in [0.25, 0.3) is 5.91 Å². The van der Waals surface area contributed by atoms with Gasteiger partial charge in [-0.15, -0.1) is 0 Å². The van der Waals surface area contributed by atoms with E-state index in [1.54, 1.807) is 6.07 Å². The molecule has 7 heteroatoms. The van der Waals surface area contributed by atoms with Crippen molar-refractivity contribution in [2.24, 2.45) is 0 Å². The lowest BCUT2D eigenvalue weighted by molar-refractivity contribution is -0.137.